The first-order valence-corrected chi connectivity index (χ1v) is 8.62. The SMILES string of the molecule is CCc1oc(C(=O)OC)cc1S(=O)(=O)N1CCC(C)(CN)C1.Cl. The molecular weight excluding hydrogens is 344 g/mol. The molecule has 1 aliphatic rings. The second-order valence-corrected chi connectivity index (χ2v) is 7.75. The van der Waals surface area contributed by atoms with Gasteiger partial charge in [0.15, 0.2) is 0 Å². The molecule has 0 saturated carbocycles. The Bertz CT molecular complexity index is 673. The van der Waals surface area contributed by atoms with Gasteiger partial charge in [-0.15, -0.1) is 12.4 Å². The Hall–Kier alpha value is -1.09. The summed E-state index contributed by atoms with van der Waals surface area (Å²) in [7, 11) is -2.49. The van der Waals surface area contributed by atoms with Crippen molar-refractivity contribution in [2.45, 2.75) is 31.6 Å². The second-order valence-electron chi connectivity index (χ2n) is 5.85. The summed E-state index contributed by atoms with van der Waals surface area (Å²) in [5.74, 6) is -0.523. The molecule has 0 radical (unpaired) electrons. The summed E-state index contributed by atoms with van der Waals surface area (Å²) < 4.78 is 37.0. The maximum absolute atomic E-state index is 12.8. The van der Waals surface area contributed by atoms with E-state index in [2.05, 4.69) is 4.74 Å². The molecule has 2 rings (SSSR count). The van der Waals surface area contributed by atoms with Gasteiger partial charge in [0.25, 0.3) is 0 Å². The molecule has 1 aromatic heterocycles. The van der Waals surface area contributed by atoms with Gasteiger partial charge in [-0.3, -0.25) is 0 Å². The molecule has 0 spiro atoms. The molecule has 2 heterocycles. The minimum absolute atomic E-state index is 0. The van der Waals surface area contributed by atoms with Gasteiger partial charge >= 0.3 is 5.97 Å². The number of furan rings is 1. The number of sulfonamides is 1. The molecular formula is C14H23ClN2O5S. The van der Waals surface area contributed by atoms with Crippen molar-refractivity contribution < 1.29 is 22.4 Å². The van der Waals surface area contributed by atoms with E-state index in [1.807, 2.05) is 6.92 Å². The van der Waals surface area contributed by atoms with Crippen molar-refractivity contribution in [3.05, 3.63) is 17.6 Å². The number of ether oxygens (including phenoxy) is 1. The van der Waals surface area contributed by atoms with Crippen LogP contribution in [0.4, 0.5) is 0 Å². The predicted molar refractivity (Wildman–Crippen MR) is 87.2 cm³/mol. The fourth-order valence-corrected chi connectivity index (χ4v) is 4.39. The topological polar surface area (TPSA) is 103 Å². The Morgan fingerprint density at radius 3 is 2.65 bits per heavy atom. The smallest absolute Gasteiger partial charge is 0.373 e. The van der Waals surface area contributed by atoms with Crippen molar-refractivity contribution in [2.75, 3.05) is 26.7 Å². The van der Waals surface area contributed by atoms with Gasteiger partial charge in [0, 0.05) is 25.6 Å². The lowest BCUT2D eigenvalue weighted by molar-refractivity contribution is 0.0563. The van der Waals surface area contributed by atoms with Crippen LogP contribution >= 0.6 is 12.4 Å². The van der Waals surface area contributed by atoms with E-state index < -0.39 is 16.0 Å². The number of hydrogen-bond donors (Lipinski definition) is 1. The number of carbonyl (C=O) groups is 1. The Labute approximate surface area is 142 Å². The molecule has 1 saturated heterocycles. The van der Waals surface area contributed by atoms with Crippen molar-refractivity contribution in [2.24, 2.45) is 11.1 Å². The van der Waals surface area contributed by atoms with E-state index in [4.69, 9.17) is 10.2 Å². The van der Waals surface area contributed by atoms with Gasteiger partial charge in [0.05, 0.1) is 7.11 Å². The average Bonchev–Trinajstić information content (AvgIpc) is 3.11. The van der Waals surface area contributed by atoms with Crippen LogP contribution in [-0.4, -0.2) is 45.4 Å². The number of nitrogens with zero attached hydrogens (tertiary/aromatic N) is 1. The van der Waals surface area contributed by atoms with Crippen molar-refractivity contribution in [3.8, 4) is 0 Å². The van der Waals surface area contributed by atoms with Crippen LogP contribution in [0.2, 0.25) is 0 Å². The third-order valence-electron chi connectivity index (χ3n) is 4.11. The summed E-state index contributed by atoms with van der Waals surface area (Å²) >= 11 is 0. The monoisotopic (exact) mass is 366 g/mol. The number of nitrogens with two attached hydrogens (primary N) is 1. The van der Waals surface area contributed by atoms with Gasteiger partial charge in [-0.2, -0.15) is 4.31 Å². The molecule has 2 N–H and O–H groups in total. The Kier molecular flexibility index (Phi) is 6.25. The third kappa shape index (κ3) is 3.71. The van der Waals surface area contributed by atoms with Gasteiger partial charge in [-0.25, -0.2) is 13.2 Å². The van der Waals surface area contributed by atoms with E-state index in [1.54, 1.807) is 6.92 Å². The fourth-order valence-electron chi connectivity index (χ4n) is 2.57. The zero-order valence-electron chi connectivity index (χ0n) is 13.5. The van der Waals surface area contributed by atoms with Crippen LogP contribution in [0.15, 0.2) is 15.4 Å². The van der Waals surface area contributed by atoms with Crippen molar-refractivity contribution >= 4 is 28.4 Å². The van der Waals surface area contributed by atoms with Gasteiger partial charge in [-0.1, -0.05) is 13.8 Å². The Morgan fingerprint density at radius 2 is 2.17 bits per heavy atom. The van der Waals surface area contributed by atoms with Gasteiger partial charge < -0.3 is 14.9 Å². The first-order valence-electron chi connectivity index (χ1n) is 7.18. The van der Waals surface area contributed by atoms with E-state index in [0.29, 0.717) is 32.5 Å². The summed E-state index contributed by atoms with van der Waals surface area (Å²) in [6.45, 7) is 4.95. The molecule has 1 atom stereocenters. The second kappa shape index (κ2) is 7.21. The lowest BCUT2D eigenvalue weighted by Gasteiger charge is -2.22. The van der Waals surface area contributed by atoms with Crippen LogP contribution in [-0.2, 0) is 21.2 Å². The number of hydrogen-bond acceptors (Lipinski definition) is 6. The van der Waals surface area contributed by atoms with Crippen LogP contribution in [0, 0.1) is 5.41 Å². The Balaban J connectivity index is 0.00000264. The van der Waals surface area contributed by atoms with E-state index in [-0.39, 0.29) is 34.2 Å². The summed E-state index contributed by atoms with van der Waals surface area (Å²) in [6, 6.07) is 1.25. The molecule has 132 valence electrons. The fraction of sp³-hybridized carbons (Fsp3) is 0.643. The summed E-state index contributed by atoms with van der Waals surface area (Å²) in [5.41, 5.74) is 5.52. The zero-order valence-corrected chi connectivity index (χ0v) is 15.1. The number of methoxy groups -OCH3 is 1. The van der Waals surface area contributed by atoms with E-state index in [0.717, 1.165) is 0 Å². The van der Waals surface area contributed by atoms with Crippen LogP contribution in [0.5, 0.6) is 0 Å². The van der Waals surface area contributed by atoms with Crippen LogP contribution in [0.25, 0.3) is 0 Å². The minimum Gasteiger partial charge on any atom is -0.463 e. The first-order chi connectivity index (χ1) is 10.3. The highest BCUT2D eigenvalue weighted by Gasteiger charge is 2.40. The zero-order chi connectivity index (χ0) is 16.5. The van der Waals surface area contributed by atoms with Crippen LogP contribution < -0.4 is 5.73 Å². The molecule has 1 aromatic rings. The summed E-state index contributed by atoms with van der Waals surface area (Å²) in [4.78, 5) is 11.6. The number of rotatable bonds is 5. The maximum Gasteiger partial charge on any atom is 0.373 e. The molecule has 0 amide bonds. The molecule has 0 bridgehead atoms. The lowest BCUT2D eigenvalue weighted by Crippen LogP contribution is -2.34. The first kappa shape index (κ1) is 20.0. The largest absolute Gasteiger partial charge is 0.463 e. The minimum atomic E-state index is -3.71. The molecule has 9 heteroatoms. The molecule has 1 fully saturated rings. The quantitative estimate of drug-likeness (QED) is 0.790. The molecule has 0 aliphatic carbocycles. The standard InChI is InChI=1S/C14H22N2O5S.ClH/c1-4-10-12(7-11(21-10)13(17)20-3)22(18,19)16-6-5-14(2,8-15)9-16;/h7H,4-6,8-9,15H2,1-3H3;1H. The highest BCUT2D eigenvalue weighted by Crippen LogP contribution is 2.34. The van der Waals surface area contributed by atoms with Crippen molar-refractivity contribution in [1.29, 1.82) is 0 Å². The molecule has 1 aliphatic heterocycles. The van der Waals surface area contributed by atoms with E-state index >= 15 is 0 Å². The highest BCUT2D eigenvalue weighted by molar-refractivity contribution is 7.89. The van der Waals surface area contributed by atoms with Crippen LogP contribution in [0.3, 0.4) is 0 Å². The van der Waals surface area contributed by atoms with Gasteiger partial charge in [0.2, 0.25) is 15.8 Å². The molecule has 23 heavy (non-hydrogen) atoms. The number of halogens is 1. The number of aryl methyl sites for hydroxylation is 1. The third-order valence-corrected chi connectivity index (χ3v) is 6.00. The normalized spacial score (nSPS) is 21.9. The van der Waals surface area contributed by atoms with Crippen molar-refractivity contribution in [3.63, 3.8) is 0 Å². The highest BCUT2D eigenvalue weighted by atomic mass is 35.5. The molecule has 0 aromatic carbocycles. The maximum atomic E-state index is 12.8. The molecule has 1 unspecified atom stereocenters. The lowest BCUT2D eigenvalue weighted by atomic mass is 9.90. The Morgan fingerprint density at radius 1 is 1.52 bits per heavy atom. The number of esters is 1. The summed E-state index contributed by atoms with van der Waals surface area (Å²) in [6.07, 6.45) is 1.08. The van der Waals surface area contributed by atoms with E-state index in [1.165, 1.54) is 17.5 Å². The van der Waals surface area contributed by atoms with E-state index in [9.17, 15) is 13.2 Å². The number of carbonyl (C=O) groups excluding carboxylic acids is 1. The van der Waals surface area contributed by atoms with Gasteiger partial charge in [0.1, 0.15) is 10.7 Å². The summed E-state index contributed by atoms with van der Waals surface area (Å²) in [5, 5.41) is 0. The average molecular weight is 367 g/mol. The van der Waals surface area contributed by atoms with Crippen LogP contribution in [0.1, 0.15) is 36.6 Å². The molecule has 7 nitrogen and oxygen atoms in total. The predicted octanol–water partition coefficient (Wildman–Crippen LogP) is 1.41. The van der Waals surface area contributed by atoms with Gasteiger partial charge in [-0.05, 0) is 18.4 Å². The van der Waals surface area contributed by atoms with Crippen molar-refractivity contribution in [1.82, 2.24) is 4.31 Å².